The molecule has 2 aliphatic rings. The molecular formula is C19H30N2O3S. The second kappa shape index (κ2) is 7.35. The third kappa shape index (κ3) is 4.82. The lowest BCUT2D eigenvalue weighted by molar-refractivity contribution is -0.181. The molecule has 25 heavy (non-hydrogen) atoms. The SMILES string of the molecule is CCS(=O)(=O)NC[C@H]1CCC2(CN(Cc3cc(C)cc(C)c3)C2)OC1. The number of hydrogen-bond donors (Lipinski definition) is 1. The highest BCUT2D eigenvalue weighted by molar-refractivity contribution is 7.89. The molecule has 2 saturated heterocycles. The minimum Gasteiger partial charge on any atom is -0.372 e. The molecule has 1 spiro atoms. The maximum Gasteiger partial charge on any atom is 0.211 e. The van der Waals surface area contributed by atoms with Crippen LogP contribution in [-0.4, -0.2) is 50.9 Å². The number of hydrogen-bond acceptors (Lipinski definition) is 4. The molecule has 5 nitrogen and oxygen atoms in total. The van der Waals surface area contributed by atoms with E-state index in [2.05, 4.69) is 41.7 Å². The smallest absolute Gasteiger partial charge is 0.211 e. The first-order valence-corrected chi connectivity index (χ1v) is 10.9. The molecule has 0 saturated carbocycles. The predicted molar refractivity (Wildman–Crippen MR) is 100 cm³/mol. The topological polar surface area (TPSA) is 58.6 Å². The van der Waals surface area contributed by atoms with Gasteiger partial charge in [-0.25, -0.2) is 13.1 Å². The largest absolute Gasteiger partial charge is 0.372 e. The molecule has 2 heterocycles. The summed E-state index contributed by atoms with van der Waals surface area (Å²) in [6.45, 7) is 10.0. The monoisotopic (exact) mass is 366 g/mol. The van der Waals surface area contributed by atoms with E-state index in [0.29, 0.717) is 19.1 Å². The number of rotatable bonds is 6. The van der Waals surface area contributed by atoms with E-state index in [1.165, 1.54) is 16.7 Å². The van der Waals surface area contributed by atoms with Gasteiger partial charge in [0.25, 0.3) is 0 Å². The number of aryl methyl sites for hydroxylation is 2. The summed E-state index contributed by atoms with van der Waals surface area (Å²) >= 11 is 0. The van der Waals surface area contributed by atoms with Crippen LogP contribution in [0.2, 0.25) is 0 Å². The van der Waals surface area contributed by atoms with Crippen LogP contribution in [-0.2, 0) is 21.3 Å². The van der Waals surface area contributed by atoms with E-state index in [1.54, 1.807) is 6.92 Å². The molecule has 0 aromatic heterocycles. The molecule has 140 valence electrons. The third-order valence-electron chi connectivity index (χ3n) is 5.32. The van der Waals surface area contributed by atoms with Gasteiger partial charge in [-0.1, -0.05) is 29.3 Å². The lowest BCUT2D eigenvalue weighted by Gasteiger charge is -2.53. The Morgan fingerprint density at radius 2 is 1.92 bits per heavy atom. The van der Waals surface area contributed by atoms with Gasteiger partial charge in [-0.15, -0.1) is 0 Å². The highest BCUT2D eigenvalue weighted by atomic mass is 32.2. The quantitative estimate of drug-likeness (QED) is 0.839. The van der Waals surface area contributed by atoms with Crippen molar-refractivity contribution in [1.82, 2.24) is 9.62 Å². The normalized spacial score (nSPS) is 23.6. The van der Waals surface area contributed by atoms with E-state index in [4.69, 9.17) is 4.74 Å². The molecule has 0 aliphatic carbocycles. The zero-order valence-corrected chi connectivity index (χ0v) is 16.4. The van der Waals surface area contributed by atoms with Crippen LogP contribution in [0.25, 0.3) is 0 Å². The molecule has 2 aliphatic heterocycles. The van der Waals surface area contributed by atoms with Gasteiger partial charge in [0.2, 0.25) is 10.0 Å². The third-order valence-corrected chi connectivity index (χ3v) is 6.68. The van der Waals surface area contributed by atoms with Crippen molar-refractivity contribution in [3.05, 3.63) is 34.9 Å². The Hall–Kier alpha value is -0.950. The van der Waals surface area contributed by atoms with E-state index in [1.807, 2.05) is 0 Å². The molecule has 1 aromatic carbocycles. The van der Waals surface area contributed by atoms with Gasteiger partial charge >= 0.3 is 0 Å². The average molecular weight is 367 g/mol. The summed E-state index contributed by atoms with van der Waals surface area (Å²) in [4.78, 5) is 2.44. The second-order valence-corrected chi connectivity index (χ2v) is 9.89. The number of benzene rings is 1. The highest BCUT2D eigenvalue weighted by Gasteiger charge is 2.46. The van der Waals surface area contributed by atoms with Gasteiger partial charge in [0, 0.05) is 26.2 Å². The zero-order valence-electron chi connectivity index (χ0n) is 15.5. The summed E-state index contributed by atoms with van der Waals surface area (Å²) in [5, 5.41) is 0. The number of nitrogens with one attached hydrogen (secondary N) is 1. The average Bonchev–Trinajstić information content (AvgIpc) is 2.52. The molecule has 2 fully saturated rings. The van der Waals surface area contributed by atoms with Crippen molar-refractivity contribution in [1.29, 1.82) is 0 Å². The first-order chi connectivity index (χ1) is 11.8. The van der Waals surface area contributed by atoms with Gasteiger partial charge in [0.1, 0.15) is 0 Å². The van der Waals surface area contributed by atoms with E-state index < -0.39 is 10.0 Å². The van der Waals surface area contributed by atoms with Crippen LogP contribution in [0.3, 0.4) is 0 Å². The number of sulfonamides is 1. The van der Waals surface area contributed by atoms with Crippen molar-refractivity contribution in [2.75, 3.05) is 32.0 Å². The maximum absolute atomic E-state index is 11.5. The fourth-order valence-corrected chi connectivity index (χ4v) is 4.67. The summed E-state index contributed by atoms with van der Waals surface area (Å²) in [6, 6.07) is 6.73. The molecule has 1 atom stereocenters. The minimum atomic E-state index is -3.10. The molecule has 1 N–H and O–H groups in total. The van der Waals surface area contributed by atoms with Crippen molar-refractivity contribution < 1.29 is 13.2 Å². The van der Waals surface area contributed by atoms with Crippen molar-refractivity contribution in [2.45, 2.75) is 45.8 Å². The molecular weight excluding hydrogens is 336 g/mol. The molecule has 0 bridgehead atoms. The van der Waals surface area contributed by atoms with Crippen molar-refractivity contribution in [2.24, 2.45) is 5.92 Å². The standard InChI is InChI=1S/C19H30N2O3S/c1-4-25(22,23)20-10-17-5-6-19(24-12-17)13-21(14-19)11-18-8-15(2)7-16(3)9-18/h7-9,17,20H,4-6,10-14H2,1-3H3/t17-/m1/s1. The van der Waals surface area contributed by atoms with Crippen LogP contribution in [0.5, 0.6) is 0 Å². The lowest BCUT2D eigenvalue weighted by Crippen LogP contribution is -2.64. The van der Waals surface area contributed by atoms with Crippen LogP contribution in [0.15, 0.2) is 18.2 Å². The fourth-order valence-electron chi connectivity index (χ4n) is 3.97. The van der Waals surface area contributed by atoms with Crippen LogP contribution >= 0.6 is 0 Å². The lowest BCUT2D eigenvalue weighted by atomic mass is 9.82. The molecule has 3 rings (SSSR count). The molecule has 0 radical (unpaired) electrons. The van der Waals surface area contributed by atoms with Gasteiger partial charge in [-0.2, -0.15) is 0 Å². The second-order valence-electron chi connectivity index (χ2n) is 7.79. The van der Waals surface area contributed by atoms with Gasteiger partial charge in [0.15, 0.2) is 0 Å². The van der Waals surface area contributed by atoms with Crippen LogP contribution in [0.4, 0.5) is 0 Å². The minimum absolute atomic E-state index is 0.000991. The summed E-state index contributed by atoms with van der Waals surface area (Å²) in [5.41, 5.74) is 4.00. The van der Waals surface area contributed by atoms with Crippen molar-refractivity contribution in [3.8, 4) is 0 Å². The van der Waals surface area contributed by atoms with Crippen LogP contribution < -0.4 is 4.72 Å². The Kier molecular flexibility index (Phi) is 5.54. The molecule has 0 unspecified atom stereocenters. The maximum atomic E-state index is 11.5. The summed E-state index contributed by atoms with van der Waals surface area (Å²) in [7, 11) is -3.10. The van der Waals surface area contributed by atoms with Gasteiger partial charge in [0.05, 0.1) is 18.0 Å². The Labute approximate surface area is 151 Å². The van der Waals surface area contributed by atoms with Crippen LogP contribution in [0, 0.1) is 19.8 Å². The number of nitrogens with zero attached hydrogens (tertiary/aromatic N) is 1. The molecule has 6 heteroatoms. The van der Waals surface area contributed by atoms with Crippen LogP contribution in [0.1, 0.15) is 36.5 Å². The molecule has 1 aromatic rings. The van der Waals surface area contributed by atoms with E-state index in [9.17, 15) is 8.42 Å². The fraction of sp³-hybridized carbons (Fsp3) is 0.684. The van der Waals surface area contributed by atoms with E-state index >= 15 is 0 Å². The molecule has 0 amide bonds. The Morgan fingerprint density at radius 1 is 1.24 bits per heavy atom. The summed E-state index contributed by atoms with van der Waals surface area (Å²) in [6.07, 6.45) is 2.05. The summed E-state index contributed by atoms with van der Waals surface area (Å²) < 4.78 is 31.9. The van der Waals surface area contributed by atoms with Crippen molar-refractivity contribution in [3.63, 3.8) is 0 Å². The Bertz CT molecular complexity index is 681. The zero-order chi connectivity index (χ0) is 18.1. The Balaban J connectivity index is 1.44. The van der Waals surface area contributed by atoms with Gasteiger partial charge in [-0.05, 0) is 45.1 Å². The number of likely N-dealkylation sites (tertiary alicyclic amines) is 1. The number of ether oxygens (including phenoxy) is 1. The summed E-state index contributed by atoms with van der Waals surface area (Å²) in [5.74, 6) is 0.429. The van der Waals surface area contributed by atoms with Crippen molar-refractivity contribution >= 4 is 10.0 Å². The van der Waals surface area contributed by atoms with E-state index in [0.717, 1.165) is 32.5 Å². The first kappa shape index (κ1) is 18.8. The first-order valence-electron chi connectivity index (χ1n) is 9.20. The van der Waals surface area contributed by atoms with Gasteiger partial charge < -0.3 is 4.74 Å². The predicted octanol–water partition coefficient (Wildman–Crippen LogP) is 2.22. The van der Waals surface area contributed by atoms with E-state index in [-0.39, 0.29) is 11.4 Å². The van der Waals surface area contributed by atoms with Gasteiger partial charge in [-0.3, -0.25) is 4.90 Å². The Morgan fingerprint density at radius 3 is 2.48 bits per heavy atom. The highest BCUT2D eigenvalue weighted by Crippen LogP contribution is 2.36.